The molecule has 2 saturated heterocycles. The van der Waals surface area contributed by atoms with Crippen LogP contribution < -0.4 is 14.8 Å². The maximum absolute atomic E-state index is 12.5. The molecule has 1 aromatic rings. The van der Waals surface area contributed by atoms with Gasteiger partial charge < -0.3 is 24.3 Å². The molecule has 1 amide bonds. The van der Waals surface area contributed by atoms with Crippen molar-refractivity contribution in [2.24, 2.45) is 0 Å². The first-order chi connectivity index (χ1) is 13.2. The Labute approximate surface area is 159 Å². The van der Waals surface area contributed by atoms with Gasteiger partial charge in [-0.3, -0.25) is 9.69 Å². The van der Waals surface area contributed by atoms with E-state index >= 15 is 0 Å². The molecule has 7 heteroatoms. The minimum atomic E-state index is -0.157. The van der Waals surface area contributed by atoms with Crippen LogP contribution in [-0.4, -0.2) is 69.1 Å². The van der Waals surface area contributed by atoms with Crippen molar-refractivity contribution in [3.8, 4) is 11.5 Å². The summed E-state index contributed by atoms with van der Waals surface area (Å²) in [5.74, 6) is 1.37. The van der Waals surface area contributed by atoms with E-state index in [-0.39, 0.29) is 17.6 Å². The summed E-state index contributed by atoms with van der Waals surface area (Å²) in [6.07, 6.45) is 3.91. The number of carbonyl (C=O) groups excluding carboxylic acids is 1. The molecule has 1 aromatic carbocycles. The standard InChI is InChI=1S/C20H28N2O5/c1-24-18-13-22(8-7-20(18)6-2-11-27-20)14-19(23)21-15-4-5-16-17(12-15)26-10-3-9-25-16/h4-5,12,18H,2-3,6-11,13-14H2,1H3,(H,21,23)/t18-,20-/m1/s1. The van der Waals surface area contributed by atoms with E-state index in [1.165, 1.54) is 0 Å². The maximum atomic E-state index is 12.5. The summed E-state index contributed by atoms with van der Waals surface area (Å²) in [5.41, 5.74) is 0.566. The van der Waals surface area contributed by atoms with Crippen molar-refractivity contribution in [2.45, 2.75) is 37.4 Å². The van der Waals surface area contributed by atoms with Crippen molar-refractivity contribution in [1.29, 1.82) is 0 Å². The zero-order valence-electron chi connectivity index (χ0n) is 15.9. The van der Waals surface area contributed by atoms with Crippen LogP contribution >= 0.6 is 0 Å². The highest BCUT2D eigenvalue weighted by Gasteiger charge is 2.46. The van der Waals surface area contributed by atoms with E-state index in [1.807, 2.05) is 18.2 Å². The smallest absolute Gasteiger partial charge is 0.238 e. The number of hydrogen-bond donors (Lipinski definition) is 1. The molecular weight excluding hydrogens is 348 g/mol. The average molecular weight is 376 g/mol. The number of benzene rings is 1. The van der Waals surface area contributed by atoms with E-state index < -0.39 is 0 Å². The summed E-state index contributed by atoms with van der Waals surface area (Å²) >= 11 is 0. The molecule has 0 aliphatic carbocycles. The Bertz CT molecular complexity index is 674. The lowest BCUT2D eigenvalue weighted by Crippen LogP contribution is -2.57. The van der Waals surface area contributed by atoms with Crippen molar-refractivity contribution in [2.75, 3.05) is 51.9 Å². The van der Waals surface area contributed by atoms with Gasteiger partial charge in [0.2, 0.25) is 5.91 Å². The highest BCUT2D eigenvalue weighted by atomic mass is 16.6. The first-order valence-electron chi connectivity index (χ1n) is 9.77. The Morgan fingerprint density at radius 1 is 1.22 bits per heavy atom. The van der Waals surface area contributed by atoms with Gasteiger partial charge in [0.1, 0.15) is 0 Å². The molecule has 0 bridgehead atoms. The fourth-order valence-electron chi connectivity index (χ4n) is 4.25. The number of methoxy groups -OCH3 is 1. The number of ether oxygens (including phenoxy) is 4. The van der Waals surface area contributed by atoms with Gasteiger partial charge in [-0.2, -0.15) is 0 Å². The fourth-order valence-corrected chi connectivity index (χ4v) is 4.25. The Morgan fingerprint density at radius 3 is 2.85 bits per heavy atom. The quantitative estimate of drug-likeness (QED) is 0.868. The zero-order chi connectivity index (χ0) is 18.7. The summed E-state index contributed by atoms with van der Waals surface area (Å²) in [7, 11) is 1.73. The third-order valence-corrected chi connectivity index (χ3v) is 5.68. The number of carbonyl (C=O) groups is 1. The minimum absolute atomic E-state index is 0.0135. The molecule has 0 unspecified atom stereocenters. The molecule has 3 aliphatic heterocycles. The zero-order valence-corrected chi connectivity index (χ0v) is 15.9. The Kier molecular flexibility index (Phi) is 5.52. The second-order valence-corrected chi connectivity index (χ2v) is 7.49. The van der Waals surface area contributed by atoms with Gasteiger partial charge in [-0.1, -0.05) is 0 Å². The van der Waals surface area contributed by atoms with E-state index in [4.69, 9.17) is 18.9 Å². The lowest BCUT2D eigenvalue weighted by molar-refractivity contribution is -0.145. The topological polar surface area (TPSA) is 69.3 Å². The van der Waals surface area contributed by atoms with Crippen LogP contribution in [0.15, 0.2) is 18.2 Å². The number of nitrogens with zero attached hydrogens (tertiary/aromatic N) is 1. The van der Waals surface area contributed by atoms with Gasteiger partial charge in [-0.05, 0) is 31.4 Å². The highest BCUT2D eigenvalue weighted by molar-refractivity contribution is 5.92. The molecule has 0 aromatic heterocycles. The first-order valence-corrected chi connectivity index (χ1v) is 9.77. The number of anilines is 1. The van der Waals surface area contributed by atoms with Gasteiger partial charge in [0, 0.05) is 45.0 Å². The molecule has 3 heterocycles. The summed E-state index contributed by atoms with van der Waals surface area (Å²) < 4.78 is 23.0. The SMILES string of the molecule is CO[C@@H]1CN(CC(=O)Nc2ccc3c(c2)OCCCO3)CC[C@]12CCCO2. The molecule has 4 rings (SSSR count). The predicted octanol–water partition coefficient (Wildman–Crippen LogP) is 2.06. The lowest BCUT2D eigenvalue weighted by atomic mass is 9.86. The predicted molar refractivity (Wildman–Crippen MR) is 100 cm³/mol. The third kappa shape index (κ3) is 4.05. The van der Waals surface area contributed by atoms with Gasteiger partial charge in [-0.15, -0.1) is 0 Å². The Morgan fingerprint density at radius 2 is 2.07 bits per heavy atom. The van der Waals surface area contributed by atoms with Crippen LogP contribution in [0.2, 0.25) is 0 Å². The highest BCUT2D eigenvalue weighted by Crippen LogP contribution is 2.37. The van der Waals surface area contributed by atoms with Crippen molar-refractivity contribution in [1.82, 2.24) is 4.90 Å². The van der Waals surface area contributed by atoms with Gasteiger partial charge in [-0.25, -0.2) is 0 Å². The van der Waals surface area contributed by atoms with E-state index in [2.05, 4.69) is 10.2 Å². The van der Waals surface area contributed by atoms with Crippen molar-refractivity contribution in [3.05, 3.63) is 18.2 Å². The largest absolute Gasteiger partial charge is 0.490 e. The van der Waals surface area contributed by atoms with Crippen LogP contribution in [0, 0.1) is 0 Å². The Hall–Kier alpha value is -1.83. The number of nitrogens with one attached hydrogen (secondary N) is 1. The van der Waals surface area contributed by atoms with Crippen LogP contribution in [0.4, 0.5) is 5.69 Å². The van der Waals surface area contributed by atoms with Crippen LogP contribution in [-0.2, 0) is 14.3 Å². The molecule has 2 atom stereocenters. The van der Waals surface area contributed by atoms with E-state index in [0.29, 0.717) is 32.1 Å². The summed E-state index contributed by atoms with van der Waals surface area (Å²) in [6, 6.07) is 5.52. The first kappa shape index (κ1) is 18.5. The summed E-state index contributed by atoms with van der Waals surface area (Å²) in [6.45, 7) is 3.98. The Balaban J connectivity index is 1.34. The van der Waals surface area contributed by atoms with Gasteiger partial charge in [0.05, 0.1) is 31.5 Å². The van der Waals surface area contributed by atoms with E-state index in [1.54, 1.807) is 7.11 Å². The normalized spacial score (nSPS) is 28.1. The van der Waals surface area contributed by atoms with Crippen LogP contribution in [0.1, 0.15) is 25.7 Å². The van der Waals surface area contributed by atoms with E-state index in [0.717, 1.165) is 50.3 Å². The fraction of sp³-hybridized carbons (Fsp3) is 0.650. The monoisotopic (exact) mass is 376 g/mol. The third-order valence-electron chi connectivity index (χ3n) is 5.68. The lowest BCUT2D eigenvalue weighted by Gasteiger charge is -2.44. The number of amides is 1. The number of likely N-dealkylation sites (tertiary alicyclic amines) is 1. The number of piperidine rings is 1. The minimum Gasteiger partial charge on any atom is -0.490 e. The molecule has 1 N–H and O–H groups in total. The maximum Gasteiger partial charge on any atom is 0.238 e. The van der Waals surface area contributed by atoms with Crippen molar-refractivity contribution < 1.29 is 23.7 Å². The molecule has 3 aliphatic rings. The van der Waals surface area contributed by atoms with Crippen LogP contribution in [0.3, 0.4) is 0 Å². The average Bonchev–Trinajstić information content (AvgIpc) is 3.01. The molecule has 1 spiro atoms. The molecule has 27 heavy (non-hydrogen) atoms. The molecule has 148 valence electrons. The summed E-state index contributed by atoms with van der Waals surface area (Å²) in [4.78, 5) is 14.7. The van der Waals surface area contributed by atoms with Gasteiger partial charge >= 0.3 is 0 Å². The number of hydrogen-bond acceptors (Lipinski definition) is 6. The molecule has 7 nitrogen and oxygen atoms in total. The van der Waals surface area contributed by atoms with Gasteiger partial charge in [0.15, 0.2) is 11.5 Å². The van der Waals surface area contributed by atoms with Crippen LogP contribution in [0.25, 0.3) is 0 Å². The van der Waals surface area contributed by atoms with Crippen LogP contribution in [0.5, 0.6) is 11.5 Å². The molecule has 0 saturated carbocycles. The molecular formula is C20H28N2O5. The molecule has 2 fully saturated rings. The van der Waals surface area contributed by atoms with Crippen molar-refractivity contribution >= 4 is 11.6 Å². The number of fused-ring (bicyclic) bond motifs is 1. The molecule has 0 radical (unpaired) electrons. The second-order valence-electron chi connectivity index (χ2n) is 7.49. The van der Waals surface area contributed by atoms with Gasteiger partial charge in [0.25, 0.3) is 0 Å². The summed E-state index contributed by atoms with van der Waals surface area (Å²) in [5, 5.41) is 2.97. The van der Waals surface area contributed by atoms with E-state index in [9.17, 15) is 4.79 Å². The number of rotatable bonds is 4. The van der Waals surface area contributed by atoms with Crippen molar-refractivity contribution in [3.63, 3.8) is 0 Å². The second kappa shape index (κ2) is 8.04.